The molecule has 7 heteroatoms. The van der Waals surface area contributed by atoms with Gasteiger partial charge in [-0.25, -0.2) is 0 Å². The average molecular weight is 619 g/mol. The van der Waals surface area contributed by atoms with E-state index >= 15 is 9.59 Å². The zero-order valence-corrected chi connectivity index (χ0v) is 28.5. The third-order valence-corrected chi connectivity index (χ3v) is 10.5. The molecule has 0 unspecified atom stereocenters. The highest BCUT2D eigenvalue weighted by molar-refractivity contribution is 6.35. The lowest BCUT2D eigenvalue weighted by Gasteiger charge is -2.63. The Morgan fingerprint density at radius 1 is 0.978 bits per heavy atom. The van der Waals surface area contributed by atoms with E-state index in [1.807, 2.05) is 67.5 Å². The summed E-state index contributed by atoms with van der Waals surface area (Å²) >= 11 is 0. The number of aliphatic hydroxyl groups is 1. The Morgan fingerprint density at radius 2 is 1.60 bits per heavy atom. The number of phenols is 2. The van der Waals surface area contributed by atoms with Crippen molar-refractivity contribution in [1.29, 1.82) is 0 Å². The Bertz CT molecular complexity index is 1540. The van der Waals surface area contributed by atoms with Crippen LogP contribution in [0.3, 0.4) is 0 Å². The van der Waals surface area contributed by atoms with E-state index in [1.165, 1.54) is 12.1 Å². The quantitative estimate of drug-likeness (QED) is 0.0904. The zero-order chi connectivity index (χ0) is 33.9. The first-order chi connectivity index (χ1) is 20.6. The van der Waals surface area contributed by atoms with Gasteiger partial charge in [0.25, 0.3) is 0 Å². The maximum absolute atomic E-state index is 15.3. The fourth-order valence-corrected chi connectivity index (χ4v) is 7.57. The van der Waals surface area contributed by atoms with Crippen molar-refractivity contribution in [2.24, 2.45) is 28.1 Å². The van der Waals surface area contributed by atoms with Gasteiger partial charge in [0.05, 0.1) is 11.0 Å². The van der Waals surface area contributed by atoms with Crippen molar-refractivity contribution in [2.45, 2.75) is 106 Å². The fraction of sp³-hybridized carbons (Fsp3) is 0.553. The number of hydrogen-bond donors (Lipinski definition) is 3. The minimum absolute atomic E-state index is 0.0189. The van der Waals surface area contributed by atoms with Crippen LogP contribution in [0, 0.1) is 28.1 Å². The van der Waals surface area contributed by atoms with Crippen molar-refractivity contribution in [1.82, 2.24) is 0 Å². The van der Waals surface area contributed by atoms with E-state index < -0.39 is 44.8 Å². The smallest absolute Gasteiger partial charge is 0.200 e. The summed E-state index contributed by atoms with van der Waals surface area (Å²) in [6, 6.07) is 3.72. The van der Waals surface area contributed by atoms with E-state index in [1.54, 1.807) is 19.9 Å². The molecule has 3 aliphatic rings. The predicted octanol–water partition coefficient (Wildman–Crippen LogP) is 7.56. The molecule has 1 saturated carbocycles. The van der Waals surface area contributed by atoms with Crippen molar-refractivity contribution >= 4 is 17.3 Å². The minimum atomic E-state index is -1.55. The maximum atomic E-state index is 15.3. The van der Waals surface area contributed by atoms with E-state index in [0.717, 1.165) is 17.2 Å². The molecule has 7 nitrogen and oxygen atoms in total. The number of hydrogen-bond acceptors (Lipinski definition) is 7. The molecular formula is C38H50O7. The van der Waals surface area contributed by atoms with E-state index in [0.29, 0.717) is 19.3 Å². The zero-order valence-electron chi connectivity index (χ0n) is 28.5. The summed E-state index contributed by atoms with van der Waals surface area (Å²) in [4.78, 5) is 45.0. The van der Waals surface area contributed by atoms with Gasteiger partial charge in [-0.3, -0.25) is 14.4 Å². The number of aromatic hydroxyl groups is 2. The van der Waals surface area contributed by atoms with E-state index in [-0.39, 0.29) is 46.7 Å². The lowest BCUT2D eigenvalue weighted by atomic mass is 9.39. The number of phenolic OH excluding ortho intramolecular Hbond substituents is 2. The molecule has 1 spiro atoms. The molecule has 0 amide bonds. The molecule has 45 heavy (non-hydrogen) atoms. The van der Waals surface area contributed by atoms with Crippen molar-refractivity contribution in [3.8, 4) is 11.5 Å². The van der Waals surface area contributed by atoms with Gasteiger partial charge in [0, 0.05) is 11.5 Å². The van der Waals surface area contributed by atoms with Crippen molar-refractivity contribution in [3.63, 3.8) is 0 Å². The highest BCUT2D eigenvalue weighted by Crippen LogP contribution is 2.69. The van der Waals surface area contributed by atoms with Crippen LogP contribution in [-0.4, -0.2) is 43.9 Å². The summed E-state index contributed by atoms with van der Waals surface area (Å²) in [7, 11) is 0. The second kappa shape index (κ2) is 11.4. The van der Waals surface area contributed by atoms with Gasteiger partial charge in [0.2, 0.25) is 0 Å². The highest BCUT2D eigenvalue weighted by Gasteiger charge is 2.74. The number of carbonyl (C=O) groups is 3. The summed E-state index contributed by atoms with van der Waals surface area (Å²) in [5, 5.41) is 30.8. The number of ether oxygens (including phenoxy) is 1. The molecule has 244 valence electrons. The molecule has 2 aliphatic carbocycles. The second-order valence-electron chi connectivity index (χ2n) is 15.5. The SMILES string of the molecule is CC(C)=CC[C@@H]1C[C@]23C[C@H](/C=C/C(C)(C)O)C(C)(C)OC2=C(C(=O)c2ccc(O)c(O)c2)C(=O)[C@@](CC=C(C)C)(C3=O)C1(C)C. The molecule has 2 bridgehead atoms. The fourth-order valence-electron chi connectivity index (χ4n) is 7.57. The number of allylic oxidation sites excluding steroid dienone is 6. The van der Waals surface area contributed by atoms with Crippen molar-refractivity contribution in [2.75, 3.05) is 0 Å². The number of ketones is 3. The van der Waals surface area contributed by atoms with Gasteiger partial charge in [0.1, 0.15) is 22.3 Å². The van der Waals surface area contributed by atoms with Gasteiger partial charge < -0.3 is 20.1 Å². The molecule has 1 heterocycles. The maximum Gasteiger partial charge on any atom is 0.200 e. The number of fused-ring (bicyclic) bond motifs is 1. The summed E-state index contributed by atoms with van der Waals surface area (Å²) in [5.74, 6) is -2.58. The molecule has 1 saturated heterocycles. The predicted molar refractivity (Wildman–Crippen MR) is 175 cm³/mol. The normalized spacial score (nSPS) is 28.8. The molecule has 1 aliphatic heterocycles. The van der Waals surface area contributed by atoms with Gasteiger partial charge in [-0.15, -0.1) is 0 Å². The monoisotopic (exact) mass is 618 g/mol. The number of rotatable bonds is 8. The van der Waals surface area contributed by atoms with Crippen LogP contribution in [0.4, 0.5) is 0 Å². The first kappa shape index (κ1) is 34.4. The van der Waals surface area contributed by atoms with Crippen LogP contribution in [0.25, 0.3) is 0 Å². The Morgan fingerprint density at radius 3 is 2.16 bits per heavy atom. The molecule has 4 atom stereocenters. The van der Waals surface area contributed by atoms with Crippen molar-refractivity contribution in [3.05, 3.63) is 70.5 Å². The lowest BCUT2D eigenvalue weighted by Crippen LogP contribution is -2.69. The van der Waals surface area contributed by atoms with Gasteiger partial charge in [-0.1, -0.05) is 49.3 Å². The van der Waals surface area contributed by atoms with Crippen LogP contribution in [0.2, 0.25) is 0 Å². The van der Waals surface area contributed by atoms with Crippen LogP contribution in [0.15, 0.2) is 65.0 Å². The number of carbonyl (C=O) groups excluding carboxylic acids is 3. The number of Topliss-reactive ketones (excluding diaryl/α,β-unsaturated/α-hetero) is 3. The van der Waals surface area contributed by atoms with Gasteiger partial charge in [-0.2, -0.15) is 0 Å². The van der Waals surface area contributed by atoms with Gasteiger partial charge in [-0.05, 0) is 111 Å². The van der Waals surface area contributed by atoms with Crippen LogP contribution in [0.5, 0.6) is 11.5 Å². The van der Waals surface area contributed by atoms with E-state index in [4.69, 9.17) is 4.74 Å². The molecule has 4 rings (SSSR count). The average Bonchev–Trinajstić information content (AvgIpc) is 2.90. The molecule has 1 aromatic carbocycles. The Hall–Kier alpha value is -3.45. The van der Waals surface area contributed by atoms with Gasteiger partial charge >= 0.3 is 0 Å². The summed E-state index contributed by atoms with van der Waals surface area (Å²) < 4.78 is 6.74. The van der Waals surface area contributed by atoms with Gasteiger partial charge in [0.15, 0.2) is 28.8 Å². The largest absolute Gasteiger partial charge is 0.504 e. The summed E-state index contributed by atoms with van der Waals surface area (Å²) in [6.45, 7) is 19.0. The minimum Gasteiger partial charge on any atom is -0.504 e. The van der Waals surface area contributed by atoms with Crippen LogP contribution in [-0.2, 0) is 14.3 Å². The topological polar surface area (TPSA) is 121 Å². The Labute approximate surface area is 267 Å². The molecule has 0 radical (unpaired) electrons. The van der Waals surface area contributed by atoms with Crippen LogP contribution in [0.1, 0.15) is 105 Å². The summed E-state index contributed by atoms with van der Waals surface area (Å²) in [6.07, 6.45) is 9.19. The van der Waals surface area contributed by atoms with Crippen molar-refractivity contribution < 1.29 is 34.4 Å². The Balaban J connectivity index is 2.11. The Kier molecular flexibility index (Phi) is 8.73. The standard InChI is InChI=1S/C38H50O7/c1-22(2)11-13-25-20-37-21-26(16-17-34(5,6)44)36(9,10)45-32(37)29(30(41)24-12-14-27(39)28(40)19-24)31(42)38(33(37)43,35(25,7)8)18-15-23(3)4/h11-12,14-17,19,25-26,39-40,44H,13,18,20-21H2,1-10H3/b17-16+/t25-,26+,37+,38+/m1/s1. The second-order valence-corrected chi connectivity index (χ2v) is 15.5. The van der Waals surface area contributed by atoms with Crippen LogP contribution < -0.4 is 0 Å². The first-order valence-electron chi connectivity index (χ1n) is 15.9. The molecule has 1 aromatic rings. The molecular weight excluding hydrogens is 568 g/mol. The molecule has 0 aromatic heterocycles. The van der Waals surface area contributed by atoms with Crippen LogP contribution >= 0.6 is 0 Å². The molecule has 2 fully saturated rings. The van der Waals surface area contributed by atoms with E-state index in [2.05, 4.69) is 6.08 Å². The highest BCUT2D eigenvalue weighted by atomic mass is 16.5. The first-order valence-corrected chi connectivity index (χ1v) is 15.9. The summed E-state index contributed by atoms with van der Waals surface area (Å²) in [5.41, 5.74) is -3.71. The molecule has 3 N–H and O–H groups in total. The number of benzene rings is 1. The van der Waals surface area contributed by atoms with E-state index in [9.17, 15) is 20.1 Å². The third kappa shape index (κ3) is 5.73. The lowest BCUT2D eigenvalue weighted by molar-refractivity contribution is -0.186. The third-order valence-electron chi connectivity index (χ3n) is 10.5.